The van der Waals surface area contributed by atoms with E-state index >= 15 is 0 Å². The lowest BCUT2D eigenvalue weighted by Crippen LogP contribution is -2.06. The fraction of sp³-hybridized carbons (Fsp3) is 0.154. The quantitative estimate of drug-likeness (QED) is 0.733. The van der Waals surface area contributed by atoms with Crippen molar-refractivity contribution in [1.29, 1.82) is 10.5 Å². The molecule has 0 aliphatic heterocycles. The van der Waals surface area contributed by atoms with Crippen molar-refractivity contribution in [2.24, 2.45) is 0 Å². The van der Waals surface area contributed by atoms with Gasteiger partial charge in [0.1, 0.15) is 18.0 Å². The maximum absolute atomic E-state index is 9.15. The molecule has 0 unspecified atom stereocenters. The van der Waals surface area contributed by atoms with Crippen LogP contribution in [0, 0.1) is 29.6 Å². The molecule has 8 heteroatoms. The number of thiophene rings is 1. The molecule has 0 saturated carbocycles. The third-order valence-electron chi connectivity index (χ3n) is 2.91. The molecule has 0 aromatic carbocycles. The van der Waals surface area contributed by atoms with E-state index in [9.17, 15) is 0 Å². The maximum atomic E-state index is 9.15. The Hall–Kier alpha value is -2.97. The maximum Gasteiger partial charge on any atom is 0.258 e. The minimum atomic E-state index is 0.108. The van der Waals surface area contributed by atoms with Crippen molar-refractivity contribution in [2.75, 3.05) is 0 Å². The van der Waals surface area contributed by atoms with Crippen molar-refractivity contribution < 1.29 is 4.52 Å². The third-order valence-corrected chi connectivity index (χ3v) is 3.59. The number of aryl methyl sites for hydroxylation is 1. The van der Waals surface area contributed by atoms with E-state index in [1.807, 2.05) is 29.0 Å². The minimum absolute atomic E-state index is 0.108. The van der Waals surface area contributed by atoms with Gasteiger partial charge in [0.15, 0.2) is 17.2 Å². The Bertz CT molecular complexity index is 862. The van der Waals surface area contributed by atoms with Gasteiger partial charge in [-0.3, -0.25) is 0 Å². The van der Waals surface area contributed by atoms with Crippen LogP contribution >= 0.6 is 11.3 Å². The van der Waals surface area contributed by atoms with Gasteiger partial charge in [-0.05, 0) is 18.4 Å². The summed E-state index contributed by atoms with van der Waals surface area (Å²) < 4.78 is 6.79. The first kappa shape index (κ1) is 13.0. The molecule has 0 amide bonds. The van der Waals surface area contributed by atoms with Gasteiger partial charge in [0.2, 0.25) is 0 Å². The lowest BCUT2D eigenvalue weighted by molar-refractivity contribution is 0.420. The molecule has 102 valence electrons. The van der Waals surface area contributed by atoms with Gasteiger partial charge in [0.25, 0.3) is 5.89 Å². The summed E-state index contributed by atoms with van der Waals surface area (Å²) in [5.41, 5.74) is 1.17. The fourth-order valence-corrected chi connectivity index (χ4v) is 2.54. The summed E-state index contributed by atoms with van der Waals surface area (Å²) in [6.45, 7) is 1.96. The van der Waals surface area contributed by atoms with Gasteiger partial charge in [-0.2, -0.15) is 26.8 Å². The Morgan fingerprint density at radius 2 is 2.19 bits per heavy atom. The third kappa shape index (κ3) is 2.29. The van der Waals surface area contributed by atoms with Gasteiger partial charge in [-0.15, -0.1) is 0 Å². The SMILES string of the molecule is Cc1nc(C#N)c(C#N)n1Cc1noc(-c2ccsc2)n1. The van der Waals surface area contributed by atoms with Crippen LogP contribution in [0.3, 0.4) is 0 Å². The predicted octanol–water partition coefficient (Wildman–Crippen LogP) is 2.09. The number of imidazole rings is 1. The van der Waals surface area contributed by atoms with Gasteiger partial charge in [0.05, 0.1) is 12.1 Å². The molecular formula is C13H8N6OS. The molecule has 0 atom stereocenters. The van der Waals surface area contributed by atoms with Gasteiger partial charge in [0, 0.05) is 5.38 Å². The van der Waals surface area contributed by atoms with E-state index in [0.29, 0.717) is 17.5 Å². The summed E-state index contributed by atoms with van der Waals surface area (Å²) in [6, 6.07) is 5.78. The smallest absolute Gasteiger partial charge is 0.258 e. The molecule has 0 spiro atoms. The van der Waals surface area contributed by atoms with Crippen LogP contribution in [0.15, 0.2) is 21.3 Å². The monoisotopic (exact) mass is 296 g/mol. The van der Waals surface area contributed by atoms with Crippen molar-refractivity contribution >= 4 is 11.3 Å². The van der Waals surface area contributed by atoms with E-state index < -0.39 is 0 Å². The summed E-state index contributed by atoms with van der Waals surface area (Å²) in [5, 5.41) is 25.8. The standard InChI is InChI=1S/C13H8N6OS/c1-8-16-10(4-14)11(5-15)19(8)6-12-17-13(20-18-12)9-2-3-21-7-9/h2-3,7H,6H2,1H3. The van der Waals surface area contributed by atoms with Gasteiger partial charge < -0.3 is 9.09 Å². The van der Waals surface area contributed by atoms with Crippen LogP contribution in [-0.2, 0) is 6.54 Å². The van der Waals surface area contributed by atoms with Crippen molar-refractivity contribution in [2.45, 2.75) is 13.5 Å². The summed E-state index contributed by atoms with van der Waals surface area (Å²) >= 11 is 1.54. The molecule has 0 aliphatic rings. The molecule has 7 nitrogen and oxygen atoms in total. The molecule has 3 heterocycles. The fourth-order valence-electron chi connectivity index (χ4n) is 1.91. The number of hydrogen-bond acceptors (Lipinski definition) is 7. The number of hydrogen-bond donors (Lipinski definition) is 0. The number of nitrogens with zero attached hydrogens (tertiary/aromatic N) is 6. The largest absolute Gasteiger partial charge is 0.334 e. The Morgan fingerprint density at radius 3 is 2.86 bits per heavy atom. The van der Waals surface area contributed by atoms with Crippen LogP contribution in [0.25, 0.3) is 11.5 Å². The van der Waals surface area contributed by atoms with Crippen molar-refractivity contribution in [3.05, 3.63) is 39.9 Å². The molecule has 0 saturated heterocycles. The summed E-state index contributed by atoms with van der Waals surface area (Å²) in [7, 11) is 0. The van der Waals surface area contributed by atoms with Crippen LogP contribution in [0.5, 0.6) is 0 Å². The van der Waals surface area contributed by atoms with Crippen LogP contribution in [0.1, 0.15) is 23.0 Å². The van der Waals surface area contributed by atoms with Gasteiger partial charge >= 0.3 is 0 Å². The molecule has 3 aromatic heterocycles. The van der Waals surface area contributed by atoms with E-state index in [1.165, 1.54) is 0 Å². The second-order valence-electron chi connectivity index (χ2n) is 4.19. The first-order valence-corrected chi connectivity index (χ1v) is 6.89. The predicted molar refractivity (Wildman–Crippen MR) is 73.1 cm³/mol. The van der Waals surface area contributed by atoms with E-state index in [4.69, 9.17) is 15.0 Å². The molecule has 0 radical (unpaired) electrons. The second kappa shape index (κ2) is 5.19. The number of nitriles is 2. The zero-order chi connectivity index (χ0) is 14.8. The highest BCUT2D eigenvalue weighted by atomic mass is 32.1. The van der Waals surface area contributed by atoms with E-state index in [-0.39, 0.29) is 17.9 Å². The minimum Gasteiger partial charge on any atom is -0.334 e. The van der Waals surface area contributed by atoms with E-state index in [2.05, 4.69) is 15.1 Å². The zero-order valence-corrected chi connectivity index (χ0v) is 11.8. The Balaban J connectivity index is 1.94. The second-order valence-corrected chi connectivity index (χ2v) is 4.97. The van der Waals surface area contributed by atoms with Crippen LogP contribution in [0.4, 0.5) is 0 Å². The summed E-state index contributed by atoms with van der Waals surface area (Å²) in [4.78, 5) is 8.34. The van der Waals surface area contributed by atoms with Crippen molar-refractivity contribution in [3.63, 3.8) is 0 Å². The number of aromatic nitrogens is 4. The molecule has 0 aliphatic carbocycles. The van der Waals surface area contributed by atoms with Crippen LogP contribution in [0.2, 0.25) is 0 Å². The zero-order valence-electron chi connectivity index (χ0n) is 10.9. The van der Waals surface area contributed by atoms with Gasteiger partial charge in [-0.25, -0.2) is 4.98 Å². The van der Waals surface area contributed by atoms with E-state index in [0.717, 1.165) is 5.56 Å². The van der Waals surface area contributed by atoms with Crippen LogP contribution < -0.4 is 0 Å². The van der Waals surface area contributed by atoms with Crippen LogP contribution in [-0.4, -0.2) is 19.7 Å². The molecule has 3 rings (SSSR count). The average Bonchev–Trinajstić information content (AvgIpc) is 3.20. The molecule has 0 fully saturated rings. The normalized spacial score (nSPS) is 10.2. The first-order valence-electron chi connectivity index (χ1n) is 5.95. The highest BCUT2D eigenvalue weighted by Crippen LogP contribution is 2.20. The first-order chi connectivity index (χ1) is 10.2. The van der Waals surface area contributed by atoms with Gasteiger partial charge in [-0.1, -0.05) is 5.16 Å². The summed E-state index contributed by atoms with van der Waals surface area (Å²) in [5.74, 6) is 1.42. The molecule has 3 aromatic rings. The highest BCUT2D eigenvalue weighted by molar-refractivity contribution is 7.08. The molecule has 0 N–H and O–H groups in total. The molecular weight excluding hydrogens is 288 g/mol. The Kier molecular flexibility index (Phi) is 3.22. The number of rotatable bonds is 3. The Morgan fingerprint density at radius 1 is 1.33 bits per heavy atom. The lowest BCUT2D eigenvalue weighted by atomic mass is 10.3. The van der Waals surface area contributed by atoms with Crippen molar-refractivity contribution in [3.8, 4) is 23.6 Å². The lowest BCUT2D eigenvalue weighted by Gasteiger charge is -2.01. The Labute approximate surface area is 123 Å². The topological polar surface area (TPSA) is 104 Å². The molecule has 0 bridgehead atoms. The summed E-state index contributed by atoms with van der Waals surface area (Å²) in [6.07, 6.45) is 0. The van der Waals surface area contributed by atoms with Crippen molar-refractivity contribution in [1.82, 2.24) is 19.7 Å². The van der Waals surface area contributed by atoms with E-state index in [1.54, 1.807) is 22.8 Å². The highest BCUT2D eigenvalue weighted by Gasteiger charge is 2.17. The average molecular weight is 296 g/mol. The molecule has 21 heavy (non-hydrogen) atoms.